The Balaban J connectivity index is 4.67. The van der Waals surface area contributed by atoms with Crippen LogP contribution >= 0.6 is 0 Å². The van der Waals surface area contributed by atoms with E-state index in [1.807, 2.05) is 27.7 Å². The minimum atomic E-state index is -1.00. The molecule has 0 spiro atoms. The van der Waals surface area contributed by atoms with Crippen LogP contribution in [0.3, 0.4) is 0 Å². The Morgan fingerprint density at radius 3 is 2.18 bits per heavy atom. The molecule has 17 heavy (non-hydrogen) atoms. The van der Waals surface area contributed by atoms with Gasteiger partial charge in [-0.2, -0.15) is 0 Å². The first-order chi connectivity index (χ1) is 7.79. The summed E-state index contributed by atoms with van der Waals surface area (Å²) in [5.41, 5.74) is 5.80. The van der Waals surface area contributed by atoms with Crippen LogP contribution in [-0.2, 0) is 9.59 Å². The summed E-state index contributed by atoms with van der Waals surface area (Å²) in [5, 5.41) is 8.81. The third-order valence-corrected chi connectivity index (χ3v) is 2.75. The first-order valence-electron chi connectivity index (χ1n) is 6.07. The maximum Gasteiger partial charge on any atom is 0.323 e. The summed E-state index contributed by atoms with van der Waals surface area (Å²) >= 11 is 0. The summed E-state index contributed by atoms with van der Waals surface area (Å²) in [4.78, 5) is 24.2. The summed E-state index contributed by atoms with van der Waals surface area (Å²) < 4.78 is 0. The fraction of sp³-hybridized carbons (Fsp3) is 0.833. The maximum atomic E-state index is 12.1. The molecule has 0 saturated carbocycles. The van der Waals surface area contributed by atoms with Crippen LogP contribution in [-0.4, -0.2) is 40.5 Å². The molecule has 0 aliphatic heterocycles. The predicted octanol–water partition coefficient (Wildman–Crippen LogP) is 1.07. The van der Waals surface area contributed by atoms with Gasteiger partial charge in [0.05, 0.1) is 6.04 Å². The van der Waals surface area contributed by atoms with Crippen LogP contribution in [0.15, 0.2) is 0 Å². The first-order valence-corrected chi connectivity index (χ1v) is 6.07. The zero-order valence-electron chi connectivity index (χ0n) is 11.1. The third-order valence-electron chi connectivity index (χ3n) is 2.75. The van der Waals surface area contributed by atoms with E-state index in [1.165, 1.54) is 4.90 Å². The van der Waals surface area contributed by atoms with E-state index in [0.29, 0.717) is 18.8 Å². The van der Waals surface area contributed by atoms with Crippen molar-refractivity contribution in [1.82, 2.24) is 4.90 Å². The Morgan fingerprint density at radius 1 is 1.29 bits per heavy atom. The topological polar surface area (TPSA) is 83.6 Å². The zero-order chi connectivity index (χ0) is 13.6. The van der Waals surface area contributed by atoms with Crippen LogP contribution in [0.5, 0.6) is 0 Å². The highest BCUT2D eigenvalue weighted by atomic mass is 16.4. The Kier molecular flexibility index (Phi) is 6.80. The van der Waals surface area contributed by atoms with Crippen LogP contribution < -0.4 is 5.73 Å². The number of carbonyl (C=O) groups is 2. The van der Waals surface area contributed by atoms with Crippen molar-refractivity contribution in [3.05, 3.63) is 0 Å². The van der Waals surface area contributed by atoms with Gasteiger partial charge in [0, 0.05) is 6.04 Å². The molecule has 0 saturated heterocycles. The largest absolute Gasteiger partial charge is 0.480 e. The van der Waals surface area contributed by atoms with Crippen molar-refractivity contribution < 1.29 is 14.7 Å². The SMILES string of the molecule is CCC(C)N(CC(=O)O)C(=O)[C@H](N)CC(C)C. The molecule has 0 aromatic carbocycles. The lowest BCUT2D eigenvalue weighted by atomic mass is 10.0. The molecule has 1 unspecified atom stereocenters. The van der Waals surface area contributed by atoms with Crippen LogP contribution in [0.2, 0.25) is 0 Å². The highest BCUT2D eigenvalue weighted by Crippen LogP contribution is 2.10. The molecular weight excluding hydrogens is 220 g/mol. The summed E-state index contributed by atoms with van der Waals surface area (Å²) in [6.45, 7) is 7.44. The molecule has 0 aromatic heterocycles. The molecule has 0 aliphatic rings. The lowest BCUT2D eigenvalue weighted by Crippen LogP contribution is -2.50. The summed E-state index contributed by atoms with van der Waals surface area (Å²) in [6.07, 6.45) is 1.29. The number of carboxylic acids is 1. The second kappa shape index (κ2) is 7.27. The highest BCUT2D eigenvalue weighted by Gasteiger charge is 2.26. The smallest absolute Gasteiger partial charge is 0.323 e. The Morgan fingerprint density at radius 2 is 1.82 bits per heavy atom. The molecule has 5 nitrogen and oxygen atoms in total. The van der Waals surface area contributed by atoms with Gasteiger partial charge in [0.25, 0.3) is 0 Å². The van der Waals surface area contributed by atoms with Gasteiger partial charge in [-0.05, 0) is 25.7 Å². The van der Waals surface area contributed by atoms with Crippen LogP contribution in [0.25, 0.3) is 0 Å². The molecule has 5 heteroatoms. The van der Waals surface area contributed by atoms with E-state index in [1.54, 1.807) is 0 Å². The maximum absolute atomic E-state index is 12.1. The van der Waals surface area contributed by atoms with Gasteiger partial charge in [0.2, 0.25) is 5.91 Å². The minimum Gasteiger partial charge on any atom is -0.480 e. The van der Waals surface area contributed by atoms with Crippen molar-refractivity contribution in [3.8, 4) is 0 Å². The lowest BCUT2D eigenvalue weighted by molar-refractivity contribution is -0.146. The second-order valence-corrected chi connectivity index (χ2v) is 4.85. The van der Waals surface area contributed by atoms with Gasteiger partial charge in [-0.25, -0.2) is 0 Å². The molecule has 3 N–H and O–H groups in total. The summed E-state index contributed by atoms with van der Waals surface area (Å²) in [6, 6.07) is -0.708. The monoisotopic (exact) mass is 244 g/mol. The number of amides is 1. The van der Waals surface area contributed by atoms with Crippen molar-refractivity contribution in [2.24, 2.45) is 11.7 Å². The molecule has 0 bridgehead atoms. The molecule has 0 rings (SSSR count). The van der Waals surface area contributed by atoms with Gasteiger partial charge >= 0.3 is 5.97 Å². The minimum absolute atomic E-state index is 0.100. The number of aliphatic carboxylic acids is 1. The number of hydrogen-bond acceptors (Lipinski definition) is 3. The van der Waals surface area contributed by atoms with Gasteiger partial charge in [0.1, 0.15) is 6.54 Å². The lowest BCUT2D eigenvalue weighted by Gasteiger charge is -2.29. The van der Waals surface area contributed by atoms with E-state index < -0.39 is 12.0 Å². The van der Waals surface area contributed by atoms with Crippen LogP contribution in [0.1, 0.15) is 40.5 Å². The Hall–Kier alpha value is -1.10. The summed E-state index contributed by atoms with van der Waals surface area (Å²) in [5.74, 6) is -0.955. The normalized spacial score (nSPS) is 14.5. The number of nitrogens with zero attached hydrogens (tertiary/aromatic N) is 1. The van der Waals surface area contributed by atoms with Crippen molar-refractivity contribution in [2.45, 2.75) is 52.6 Å². The third kappa shape index (κ3) is 5.68. The fourth-order valence-electron chi connectivity index (χ4n) is 1.64. The molecule has 2 atom stereocenters. The molecule has 0 radical (unpaired) electrons. The first kappa shape index (κ1) is 15.9. The number of carbonyl (C=O) groups excluding carboxylic acids is 1. The van der Waals surface area contributed by atoms with Crippen molar-refractivity contribution >= 4 is 11.9 Å². The quantitative estimate of drug-likeness (QED) is 0.701. The predicted molar refractivity (Wildman–Crippen MR) is 66.5 cm³/mol. The summed E-state index contributed by atoms with van der Waals surface area (Å²) in [7, 11) is 0. The van der Waals surface area contributed by atoms with Gasteiger partial charge in [0.15, 0.2) is 0 Å². The van der Waals surface area contributed by atoms with E-state index in [4.69, 9.17) is 10.8 Å². The van der Waals surface area contributed by atoms with Gasteiger partial charge < -0.3 is 15.7 Å². The molecule has 0 fully saturated rings. The van der Waals surface area contributed by atoms with E-state index in [9.17, 15) is 9.59 Å². The zero-order valence-corrected chi connectivity index (χ0v) is 11.1. The van der Waals surface area contributed by atoms with E-state index in [-0.39, 0.29) is 18.5 Å². The number of rotatable bonds is 7. The van der Waals surface area contributed by atoms with Crippen molar-refractivity contribution in [3.63, 3.8) is 0 Å². The molecule has 100 valence electrons. The number of hydrogen-bond donors (Lipinski definition) is 2. The van der Waals surface area contributed by atoms with E-state index in [0.717, 1.165) is 0 Å². The van der Waals surface area contributed by atoms with E-state index >= 15 is 0 Å². The van der Waals surface area contributed by atoms with Crippen molar-refractivity contribution in [2.75, 3.05) is 6.54 Å². The molecule has 0 aliphatic carbocycles. The number of carboxylic acid groups (broad SMARTS) is 1. The van der Waals surface area contributed by atoms with E-state index in [2.05, 4.69) is 0 Å². The van der Waals surface area contributed by atoms with Crippen LogP contribution in [0.4, 0.5) is 0 Å². The standard InChI is InChI=1S/C12H24N2O3/c1-5-9(4)14(7-11(15)16)12(17)10(13)6-8(2)3/h8-10H,5-7,13H2,1-4H3,(H,15,16)/t9?,10-/m1/s1. The van der Waals surface area contributed by atoms with Gasteiger partial charge in [-0.1, -0.05) is 20.8 Å². The number of nitrogens with two attached hydrogens (primary N) is 1. The van der Waals surface area contributed by atoms with Crippen LogP contribution in [0, 0.1) is 5.92 Å². The second-order valence-electron chi connectivity index (χ2n) is 4.85. The fourth-order valence-corrected chi connectivity index (χ4v) is 1.64. The highest BCUT2D eigenvalue weighted by molar-refractivity contribution is 5.85. The Labute approximate surface area is 103 Å². The van der Waals surface area contributed by atoms with Gasteiger partial charge in [-0.15, -0.1) is 0 Å². The molecule has 1 amide bonds. The molecular formula is C12H24N2O3. The van der Waals surface area contributed by atoms with Crippen molar-refractivity contribution in [1.29, 1.82) is 0 Å². The average Bonchev–Trinajstić information content (AvgIpc) is 2.22. The Bertz CT molecular complexity index is 266. The van der Waals surface area contributed by atoms with Gasteiger partial charge in [-0.3, -0.25) is 9.59 Å². The molecule has 0 aromatic rings. The molecule has 0 heterocycles. The average molecular weight is 244 g/mol.